The average molecular weight is 348 g/mol. The molecule has 1 atom stereocenters. The average Bonchev–Trinajstić information content (AvgIpc) is 3.20. The second-order valence-corrected chi connectivity index (χ2v) is 6.30. The zero-order valence-electron chi connectivity index (χ0n) is 14.1. The number of fused-ring (bicyclic) bond motifs is 1. The van der Waals surface area contributed by atoms with Gasteiger partial charge in [-0.2, -0.15) is 5.26 Å². The van der Waals surface area contributed by atoms with Crippen LogP contribution >= 0.6 is 0 Å². The molecule has 2 heterocycles. The van der Waals surface area contributed by atoms with Crippen LogP contribution in [0.15, 0.2) is 48.7 Å². The lowest BCUT2D eigenvalue weighted by Gasteiger charge is -2.14. The fourth-order valence-corrected chi connectivity index (χ4v) is 3.21. The highest BCUT2D eigenvalue weighted by molar-refractivity contribution is 5.99. The largest absolute Gasteiger partial charge is 0.474 e. The number of nitrogens with zero attached hydrogens (tertiary/aromatic N) is 2. The maximum Gasteiger partial charge on any atom is 0.221 e. The molecular weight excluding hydrogens is 331 g/mol. The van der Waals surface area contributed by atoms with E-state index < -0.39 is 0 Å². The van der Waals surface area contributed by atoms with Crippen LogP contribution in [0, 0.1) is 17.1 Å². The zero-order valence-corrected chi connectivity index (χ0v) is 14.1. The van der Waals surface area contributed by atoms with Crippen LogP contribution in [0.2, 0.25) is 0 Å². The van der Waals surface area contributed by atoms with Crippen molar-refractivity contribution in [3.05, 3.63) is 60.0 Å². The van der Waals surface area contributed by atoms with Gasteiger partial charge in [0.15, 0.2) is 0 Å². The van der Waals surface area contributed by atoms with Gasteiger partial charge in [0.1, 0.15) is 12.4 Å². The molecular formula is C21H17FN2O2. The standard InChI is InChI=1S/C21H17FN2O2/c22-16-6-4-15(5-7-16)20-12-24-21(26-13-17-2-1-9-25-17)18-8-3-14(11-23)10-19(18)20/h3-8,10,12,17H,1-2,9,13H2. The van der Waals surface area contributed by atoms with Gasteiger partial charge in [0.2, 0.25) is 5.88 Å². The van der Waals surface area contributed by atoms with E-state index in [4.69, 9.17) is 9.47 Å². The van der Waals surface area contributed by atoms with Gasteiger partial charge in [-0.1, -0.05) is 12.1 Å². The number of rotatable bonds is 4. The van der Waals surface area contributed by atoms with Crippen molar-refractivity contribution in [3.8, 4) is 23.1 Å². The highest BCUT2D eigenvalue weighted by Crippen LogP contribution is 2.33. The van der Waals surface area contributed by atoms with Crippen molar-refractivity contribution < 1.29 is 13.9 Å². The SMILES string of the molecule is N#Cc1ccc2c(OCC3CCCO3)ncc(-c3ccc(F)cc3)c2c1. The molecule has 0 N–H and O–H groups in total. The molecule has 130 valence electrons. The lowest BCUT2D eigenvalue weighted by molar-refractivity contribution is 0.0669. The molecule has 1 aliphatic heterocycles. The predicted octanol–water partition coefficient (Wildman–Crippen LogP) is 4.47. The summed E-state index contributed by atoms with van der Waals surface area (Å²) in [7, 11) is 0. The Hall–Kier alpha value is -2.97. The van der Waals surface area contributed by atoms with Crippen LogP contribution in [0.5, 0.6) is 5.88 Å². The maximum absolute atomic E-state index is 13.3. The van der Waals surface area contributed by atoms with Gasteiger partial charge in [0.05, 0.1) is 17.7 Å². The molecule has 1 aromatic heterocycles. The van der Waals surface area contributed by atoms with Crippen LogP contribution in [0.4, 0.5) is 4.39 Å². The van der Waals surface area contributed by atoms with Gasteiger partial charge in [-0.25, -0.2) is 9.37 Å². The number of halogens is 1. The Balaban J connectivity index is 1.76. The molecule has 3 aromatic rings. The minimum Gasteiger partial charge on any atom is -0.474 e. The number of hydrogen-bond acceptors (Lipinski definition) is 4. The van der Waals surface area contributed by atoms with Crippen LogP contribution in [0.3, 0.4) is 0 Å². The van der Waals surface area contributed by atoms with Crippen LogP contribution < -0.4 is 4.74 Å². The third kappa shape index (κ3) is 3.24. The van der Waals surface area contributed by atoms with Gasteiger partial charge in [-0.05, 0) is 54.1 Å². The summed E-state index contributed by atoms with van der Waals surface area (Å²) in [6, 6.07) is 13.8. The lowest BCUT2D eigenvalue weighted by Crippen LogP contribution is -2.16. The molecule has 1 aliphatic rings. The fourth-order valence-electron chi connectivity index (χ4n) is 3.21. The summed E-state index contributed by atoms with van der Waals surface area (Å²) in [6.07, 6.45) is 3.85. The normalized spacial score (nSPS) is 16.5. The summed E-state index contributed by atoms with van der Waals surface area (Å²) in [5, 5.41) is 10.9. The highest BCUT2D eigenvalue weighted by Gasteiger charge is 2.18. The third-order valence-corrected chi connectivity index (χ3v) is 4.57. The number of benzene rings is 2. The summed E-state index contributed by atoms with van der Waals surface area (Å²) >= 11 is 0. The van der Waals surface area contributed by atoms with Gasteiger partial charge < -0.3 is 9.47 Å². The van der Waals surface area contributed by atoms with Crippen LogP contribution in [-0.2, 0) is 4.74 Å². The first kappa shape index (κ1) is 16.5. The summed E-state index contributed by atoms with van der Waals surface area (Å²) in [6.45, 7) is 1.23. The van der Waals surface area contributed by atoms with Crippen molar-refractivity contribution in [2.24, 2.45) is 0 Å². The number of aromatic nitrogens is 1. The minimum absolute atomic E-state index is 0.0991. The first-order valence-corrected chi connectivity index (χ1v) is 8.58. The summed E-state index contributed by atoms with van der Waals surface area (Å²) in [5.74, 6) is 0.228. The van der Waals surface area contributed by atoms with E-state index in [9.17, 15) is 9.65 Å². The molecule has 1 fully saturated rings. The molecule has 0 amide bonds. The lowest BCUT2D eigenvalue weighted by atomic mass is 9.99. The molecule has 0 aliphatic carbocycles. The smallest absolute Gasteiger partial charge is 0.221 e. The Labute approximate surface area is 150 Å². The number of hydrogen-bond donors (Lipinski definition) is 0. The van der Waals surface area contributed by atoms with Crippen LogP contribution in [0.1, 0.15) is 18.4 Å². The highest BCUT2D eigenvalue weighted by atomic mass is 19.1. The van der Waals surface area contributed by atoms with Gasteiger partial charge in [0.25, 0.3) is 0 Å². The molecule has 0 radical (unpaired) electrons. The fraction of sp³-hybridized carbons (Fsp3) is 0.238. The maximum atomic E-state index is 13.3. The zero-order chi connectivity index (χ0) is 17.9. The molecule has 1 unspecified atom stereocenters. The van der Waals surface area contributed by atoms with Gasteiger partial charge in [-0.15, -0.1) is 0 Å². The first-order chi connectivity index (χ1) is 12.7. The van der Waals surface area contributed by atoms with E-state index in [1.165, 1.54) is 12.1 Å². The number of nitriles is 1. The number of ether oxygens (including phenoxy) is 2. The van der Waals surface area contributed by atoms with Crippen molar-refractivity contribution >= 4 is 10.8 Å². The van der Waals surface area contributed by atoms with Crippen molar-refractivity contribution in [1.29, 1.82) is 5.26 Å². The third-order valence-electron chi connectivity index (χ3n) is 4.57. The van der Waals surface area contributed by atoms with E-state index in [0.717, 1.165) is 41.3 Å². The second kappa shape index (κ2) is 7.11. The first-order valence-electron chi connectivity index (χ1n) is 8.58. The number of pyridine rings is 1. The van der Waals surface area contributed by atoms with E-state index in [0.29, 0.717) is 18.1 Å². The molecule has 4 rings (SSSR count). The van der Waals surface area contributed by atoms with Gasteiger partial charge in [0, 0.05) is 23.8 Å². The Bertz CT molecular complexity index is 974. The Morgan fingerprint density at radius 1 is 1.19 bits per heavy atom. The van der Waals surface area contributed by atoms with E-state index in [1.54, 1.807) is 24.4 Å². The minimum atomic E-state index is -0.291. The molecule has 4 nitrogen and oxygen atoms in total. The monoisotopic (exact) mass is 348 g/mol. The molecule has 5 heteroatoms. The Kier molecular flexibility index (Phi) is 4.51. The van der Waals surface area contributed by atoms with Crippen molar-refractivity contribution in [3.63, 3.8) is 0 Å². The summed E-state index contributed by atoms with van der Waals surface area (Å²) in [5.41, 5.74) is 2.23. The van der Waals surface area contributed by atoms with Crippen molar-refractivity contribution in [2.75, 3.05) is 13.2 Å². The van der Waals surface area contributed by atoms with Gasteiger partial charge >= 0.3 is 0 Å². The van der Waals surface area contributed by atoms with Crippen LogP contribution in [-0.4, -0.2) is 24.3 Å². The Morgan fingerprint density at radius 3 is 2.77 bits per heavy atom. The van der Waals surface area contributed by atoms with E-state index in [2.05, 4.69) is 11.1 Å². The Morgan fingerprint density at radius 2 is 2.04 bits per heavy atom. The quantitative estimate of drug-likeness (QED) is 0.698. The predicted molar refractivity (Wildman–Crippen MR) is 96.3 cm³/mol. The molecule has 0 bridgehead atoms. The summed E-state index contributed by atoms with van der Waals surface area (Å²) in [4.78, 5) is 4.47. The van der Waals surface area contributed by atoms with Crippen molar-refractivity contribution in [2.45, 2.75) is 18.9 Å². The van der Waals surface area contributed by atoms with E-state index >= 15 is 0 Å². The van der Waals surface area contributed by atoms with Crippen LogP contribution in [0.25, 0.3) is 21.9 Å². The molecule has 1 saturated heterocycles. The molecule has 26 heavy (non-hydrogen) atoms. The molecule has 2 aromatic carbocycles. The van der Waals surface area contributed by atoms with Gasteiger partial charge in [-0.3, -0.25) is 0 Å². The van der Waals surface area contributed by atoms with Crippen molar-refractivity contribution in [1.82, 2.24) is 4.98 Å². The van der Waals surface area contributed by atoms with E-state index in [1.807, 2.05) is 12.1 Å². The summed E-state index contributed by atoms with van der Waals surface area (Å²) < 4.78 is 24.8. The molecule has 0 spiro atoms. The topological polar surface area (TPSA) is 55.1 Å². The molecule has 0 saturated carbocycles. The van der Waals surface area contributed by atoms with E-state index in [-0.39, 0.29) is 11.9 Å². The second-order valence-electron chi connectivity index (χ2n) is 6.30.